The summed E-state index contributed by atoms with van der Waals surface area (Å²) in [6, 6.07) is 11.9. The standard InChI is InChI=1S/C16H11BrFNO/c1-9-15(10-2-4-11(17)5-3-10)19-14-7-6-12(18)8-13(14)16(9)20/h2-8H,1H3,(H,19,20). The first-order valence-corrected chi connectivity index (χ1v) is 6.93. The van der Waals surface area contributed by atoms with E-state index in [1.165, 1.54) is 12.1 Å². The predicted molar refractivity (Wildman–Crippen MR) is 82.4 cm³/mol. The van der Waals surface area contributed by atoms with E-state index in [0.29, 0.717) is 16.5 Å². The zero-order valence-electron chi connectivity index (χ0n) is 10.7. The summed E-state index contributed by atoms with van der Waals surface area (Å²) in [5.41, 5.74) is 2.78. The number of nitrogens with one attached hydrogen (secondary N) is 1. The van der Waals surface area contributed by atoms with E-state index in [4.69, 9.17) is 0 Å². The maximum atomic E-state index is 13.3. The second-order valence-corrected chi connectivity index (χ2v) is 5.57. The summed E-state index contributed by atoms with van der Waals surface area (Å²) < 4.78 is 14.2. The zero-order valence-corrected chi connectivity index (χ0v) is 12.3. The van der Waals surface area contributed by atoms with Crippen LogP contribution >= 0.6 is 15.9 Å². The van der Waals surface area contributed by atoms with Gasteiger partial charge >= 0.3 is 0 Å². The number of pyridine rings is 1. The minimum absolute atomic E-state index is 0.142. The van der Waals surface area contributed by atoms with Crippen LogP contribution in [0.15, 0.2) is 51.7 Å². The number of fused-ring (bicyclic) bond motifs is 1. The molecule has 100 valence electrons. The highest BCUT2D eigenvalue weighted by Gasteiger charge is 2.10. The van der Waals surface area contributed by atoms with Crippen LogP contribution < -0.4 is 5.43 Å². The van der Waals surface area contributed by atoms with E-state index < -0.39 is 5.82 Å². The molecule has 4 heteroatoms. The van der Waals surface area contributed by atoms with Gasteiger partial charge in [0.2, 0.25) is 0 Å². The smallest absolute Gasteiger partial charge is 0.193 e. The molecule has 1 aromatic heterocycles. The van der Waals surface area contributed by atoms with Crippen LogP contribution in [0.5, 0.6) is 0 Å². The van der Waals surface area contributed by atoms with Gasteiger partial charge in [0.1, 0.15) is 5.82 Å². The molecule has 0 atom stereocenters. The molecule has 0 spiro atoms. The van der Waals surface area contributed by atoms with Gasteiger partial charge in [0.15, 0.2) is 5.43 Å². The molecule has 0 radical (unpaired) electrons. The van der Waals surface area contributed by atoms with Crippen LogP contribution in [0.1, 0.15) is 5.56 Å². The minimum atomic E-state index is -0.404. The first-order valence-electron chi connectivity index (χ1n) is 6.14. The van der Waals surface area contributed by atoms with Gasteiger partial charge in [-0.05, 0) is 42.8 Å². The summed E-state index contributed by atoms with van der Waals surface area (Å²) in [7, 11) is 0. The summed E-state index contributed by atoms with van der Waals surface area (Å²) in [6.45, 7) is 1.75. The molecule has 3 rings (SSSR count). The van der Waals surface area contributed by atoms with Crippen LogP contribution in [0.3, 0.4) is 0 Å². The van der Waals surface area contributed by atoms with Crippen molar-refractivity contribution in [2.75, 3.05) is 0 Å². The average molecular weight is 332 g/mol. The molecule has 1 heterocycles. The molecule has 3 aromatic rings. The molecule has 0 aliphatic heterocycles. The van der Waals surface area contributed by atoms with E-state index in [0.717, 1.165) is 15.7 Å². The fourth-order valence-electron chi connectivity index (χ4n) is 2.26. The van der Waals surface area contributed by atoms with Crippen molar-refractivity contribution in [1.29, 1.82) is 0 Å². The number of halogens is 2. The van der Waals surface area contributed by atoms with Crippen molar-refractivity contribution in [1.82, 2.24) is 4.98 Å². The lowest BCUT2D eigenvalue weighted by Gasteiger charge is -2.09. The Bertz CT molecular complexity index is 853. The lowest BCUT2D eigenvalue weighted by Crippen LogP contribution is -2.09. The number of rotatable bonds is 1. The average Bonchev–Trinajstić information content (AvgIpc) is 2.44. The number of aromatic nitrogens is 1. The van der Waals surface area contributed by atoms with Gasteiger partial charge in [-0.3, -0.25) is 4.79 Å². The Labute approximate surface area is 123 Å². The van der Waals surface area contributed by atoms with Gasteiger partial charge in [0.25, 0.3) is 0 Å². The third-order valence-corrected chi connectivity index (χ3v) is 3.86. The van der Waals surface area contributed by atoms with Gasteiger partial charge in [-0.2, -0.15) is 0 Å². The summed E-state index contributed by atoms with van der Waals surface area (Å²) in [5, 5.41) is 0.378. The van der Waals surface area contributed by atoms with Crippen molar-refractivity contribution in [3.63, 3.8) is 0 Å². The summed E-state index contributed by atoms with van der Waals surface area (Å²) in [4.78, 5) is 15.6. The van der Waals surface area contributed by atoms with Gasteiger partial charge in [-0.25, -0.2) is 4.39 Å². The predicted octanol–water partition coefficient (Wildman–Crippen LogP) is 4.41. The molecular weight excluding hydrogens is 321 g/mol. The summed E-state index contributed by atoms with van der Waals surface area (Å²) >= 11 is 3.39. The molecule has 0 aliphatic carbocycles. The topological polar surface area (TPSA) is 32.9 Å². The van der Waals surface area contributed by atoms with Crippen LogP contribution in [0.2, 0.25) is 0 Å². The Hall–Kier alpha value is -1.94. The molecule has 0 fully saturated rings. The molecular formula is C16H11BrFNO. The normalized spacial score (nSPS) is 10.9. The van der Waals surface area contributed by atoms with Gasteiger partial charge in [-0.1, -0.05) is 28.1 Å². The van der Waals surface area contributed by atoms with Crippen molar-refractivity contribution in [3.8, 4) is 11.3 Å². The Kier molecular flexibility index (Phi) is 3.18. The summed E-state index contributed by atoms with van der Waals surface area (Å²) in [6.07, 6.45) is 0. The van der Waals surface area contributed by atoms with E-state index in [1.54, 1.807) is 13.0 Å². The summed E-state index contributed by atoms with van der Waals surface area (Å²) in [5.74, 6) is -0.404. The maximum absolute atomic E-state index is 13.3. The third kappa shape index (κ3) is 2.16. The molecule has 1 N–H and O–H groups in total. The number of hydrogen-bond donors (Lipinski definition) is 1. The first kappa shape index (κ1) is 13.1. The van der Waals surface area contributed by atoms with Crippen LogP contribution in [0.25, 0.3) is 22.2 Å². The molecule has 0 bridgehead atoms. The fourth-order valence-corrected chi connectivity index (χ4v) is 2.53. The van der Waals surface area contributed by atoms with Crippen LogP contribution in [-0.2, 0) is 0 Å². The molecule has 2 nitrogen and oxygen atoms in total. The van der Waals surface area contributed by atoms with Gasteiger partial charge in [0, 0.05) is 20.9 Å². The van der Waals surface area contributed by atoms with Gasteiger partial charge < -0.3 is 4.98 Å². The molecule has 0 saturated carbocycles. The molecule has 0 amide bonds. The van der Waals surface area contributed by atoms with Crippen molar-refractivity contribution >= 4 is 26.8 Å². The maximum Gasteiger partial charge on any atom is 0.193 e. The van der Waals surface area contributed by atoms with E-state index in [-0.39, 0.29) is 5.43 Å². The van der Waals surface area contributed by atoms with Crippen molar-refractivity contribution < 1.29 is 4.39 Å². The van der Waals surface area contributed by atoms with Crippen LogP contribution in [-0.4, -0.2) is 4.98 Å². The highest BCUT2D eigenvalue weighted by atomic mass is 79.9. The van der Waals surface area contributed by atoms with E-state index >= 15 is 0 Å². The lowest BCUT2D eigenvalue weighted by molar-refractivity contribution is 0.629. The second-order valence-electron chi connectivity index (χ2n) is 4.65. The minimum Gasteiger partial charge on any atom is -0.354 e. The van der Waals surface area contributed by atoms with Gasteiger partial charge in [-0.15, -0.1) is 0 Å². The first-order chi connectivity index (χ1) is 9.56. The Balaban J connectivity index is 2.32. The Morgan fingerprint density at radius 2 is 1.80 bits per heavy atom. The van der Waals surface area contributed by atoms with Crippen LogP contribution in [0, 0.1) is 12.7 Å². The SMILES string of the molecule is Cc1c(-c2ccc(Br)cc2)[nH]c2ccc(F)cc2c1=O. The number of aromatic amines is 1. The third-order valence-electron chi connectivity index (χ3n) is 3.33. The number of benzene rings is 2. The van der Waals surface area contributed by atoms with Crippen molar-refractivity contribution in [2.45, 2.75) is 6.92 Å². The molecule has 0 saturated heterocycles. The monoisotopic (exact) mass is 331 g/mol. The number of hydrogen-bond acceptors (Lipinski definition) is 1. The van der Waals surface area contributed by atoms with E-state index in [1.807, 2.05) is 24.3 Å². The second kappa shape index (κ2) is 4.87. The molecule has 0 unspecified atom stereocenters. The molecule has 2 aromatic carbocycles. The molecule has 0 aliphatic rings. The highest BCUT2D eigenvalue weighted by Crippen LogP contribution is 2.24. The Morgan fingerprint density at radius 1 is 1.10 bits per heavy atom. The fraction of sp³-hybridized carbons (Fsp3) is 0.0625. The van der Waals surface area contributed by atoms with Crippen molar-refractivity contribution in [3.05, 3.63) is 68.5 Å². The van der Waals surface area contributed by atoms with Crippen molar-refractivity contribution in [2.24, 2.45) is 0 Å². The lowest BCUT2D eigenvalue weighted by atomic mass is 10.0. The quantitative estimate of drug-likeness (QED) is 0.704. The van der Waals surface area contributed by atoms with E-state index in [2.05, 4.69) is 20.9 Å². The molecule has 20 heavy (non-hydrogen) atoms. The largest absolute Gasteiger partial charge is 0.354 e. The number of H-pyrrole nitrogens is 1. The van der Waals surface area contributed by atoms with E-state index in [9.17, 15) is 9.18 Å². The van der Waals surface area contributed by atoms with Gasteiger partial charge in [0.05, 0.1) is 5.69 Å². The highest BCUT2D eigenvalue weighted by molar-refractivity contribution is 9.10. The zero-order chi connectivity index (χ0) is 14.3. The van der Waals surface area contributed by atoms with Crippen LogP contribution in [0.4, 0.5) is 4.39 Å². The Morgan fingerprint density at radius 3 is 2.50 bits per heavy atom.